The fourth-order valence-electron chi connectivity index (χ4n) is 2.35. The van der Waals surface area contributed by atoms with Gasteiger partial charge in [-0.05, 0) is 0 Å². The van der Waals surface area contributed by atoms with Gasteiger partial charge in [-0.3, -0.25) is 28.7 Å². The first-order valence-corrected chi connectivity index (χ1v) is 7.93. The minimum atomic E-state index is -1.17. The second-order valence-electron chi connectivity index (χ2n) is 5.53. The summed E-state index contributed by atoms with van der Waals surface area (Å²) in [6.45, 7) is -0.223. The van der Waals surface area contributed by atoms with Crippen molar-refractivity contribution in [3.63, 3.8) is 0 Å². The molecular weight excluding hydrogens is 386 g/mol. The van der Waals surface area contributed by atoms with Gasteiger partial charge in [0.2, 0.25) is 11.6 Å². The Morgan fingerprint density at radius 1 is 0.893 bits per heavy atom. The molecule has 2 aromatic heterocycles. The number of hydrogen-bond acceptors (Lipinski definition) is 7. The molecule has 0 saturated carbocycles. The lowest BCUT2D eigenvalue weighted by Crippen LogP contribution is -2.36. The van der Waals surface area contributed by atoms with E-state index in [9.17, 15) is 28.0 Å². The number of aromatic amines is 2. The third-order valence-corrected chi connectivity index (χ3v) is 3.78. The summed E-state index contributed by atoms with van der Waals surface area (Å²) in [5.74, 6) is -2.32. The Labute approximate surface area is 155 Å². The molecular formula is C15H18F2N4O7. The van der Waals surface area contributed by atoms with Gasteiger partial charge in [0.1, 0.15) is 6.23 Å². The van der Waals surface area contributed by atoms with Crippen LogP contribution in [0.15, 0.2) is 31.6 Å². The van der Waals surface area contributed by atoms with Gasteiger partial charge in [0.15, 0.2) is 6.23 Å². The summed E-state index contributed by atoms with van der Waals surface area (Å²) in [5, 5.41) is 0. The number of methoxy groups -OCH3 is 2. The number of nitrogens with zero attached hydrogens (tertiary/aromatic N) is 2. The van der Waals surface area contributed by atoms with Crippen molar-refractivity contribution in [3.8, 4) is 0 Å². The molecule has 11 nitrogen and oxygen atoms in total. The molecule has 13 heteroatoms. The standard InChI is InChI=1S/C15H18F2N4O7/c1-26-10(20-5-8(16)12(22)18-14(20)24)3-4-28-7-11(27-2)21-6-9(17)13(23)19-15(21)25/h5-6,10-11H,3-4,7H2,1-2H3,(H,18,22,24)(H,19,23,25). The first-order valence-electron chi connectivity index (χ1n) is 7.93. The number of rotatable bonds is 9. The highest BCUT2D eigenvalue weighted by Crippen LogP contribution is 2.11. The molecule has 2 N–H and O–H groups in total. The molecule has 0 fully saturated rings. The van der Waals surface area contributed by atoms with Crippen molar-refractivity contribution >= 4 is 0 Å². The molecule has 28 heavy (non-hydrogen) atoms. The summed E-state index contributed by atoms with van der Waals surface area (Å²) >= 11 is 0. The first kappa shape index (κ1) is 21.4. The zero-order valence-corrected chi connectivity index (χ0v) is 14.9. The molecule has 0 aliphatic heterocycles. The van der Waals surface area contributed by atoms with Gasteiger partial charge in [0.25, 0.3) is 11.1 Å². The summed E-state index contributed by atoms with van der Waals surface area (Å²) in [6.07, 6.45) is -0.483. The van der Waals surface area contributed by atoms with Gasteiger partial charge in [-0.1, -0.05) is 0 Å². The Kier molecular flexibility index (Phi) is 7.14. The minimum Gasteiger partial charge on any atom is -0.377 e. The molecule has 0 saturated heterocycles. The quantitative estimate of drug-likeness (QED) is 0.515. The second kappa shape index (κ2) is 9.34. The van der Waals surface area contributed by atoms with Crippen LogP contribution in [0.5, 0.6) is 0 Å². The minimum absolute atomic E-state index is 0.0217. The van der Waals surface area contributed by atoms with Gasteiger partial charge in [-0.2, -0.15) is 8.78 Å². The monoisotopic (exact) mass is 404 g/mol. The normalized spacial score (nSPS) is 13.4. The van der Waals surface area contributed by atoms with Crippen molar-refractivity contribution in [3.05, 3.63) is 65.7 Å². The molecule has 0 amide bonds. The highest BCUT2D eigenvalue weighted by atomic mass is 19.1. The molecule has 0 radical (unpaired) electrons. The molecule has 0 aliphatic carbocycles. The van der Waals surface area contributed by atoms with Crippen molar-refractivity contribution in [2.24, 2.45) is 0 Å². The number of halogens is 2. The van der Waals surface area contributed by atoms with Gasteiger partial charge in [0, 0.05) is 20.6 Å². The molecule has 2 atom stereocenters. The molecule has 2 heterocycles. The van der Waals surface area contributed by atoms with E-state index in [1.54, 1.807) is 4.98 Å². The Morgan fingerprint density at radius 3 is 1.82 bits per heavy atom. The number of nitrogens with one attached hydrogen (secondary N) is 2. The number of H-pyrrole nitrogens is 2. The van der Waals surface area contributed by atoms with Gasteiger partial charge in [-0.15, -0.1) is 0 Å². The molecule has 154 valence electrons. The van der Waals surface area contributed by atoms with Crippen LogP contribution >= 0.6 is 0 Å². The van der Waals surface area contributed by atoms with Crippen LogP contribution in [0, 0.1) is 11.6 Å². The smallest absolute Gasteiger partial charge is 0.330 e. The van der Waals surface area contributed by atoms with Crippen LogP contribution in [0.25, 0.3) is 0 Å². The maximum atomic E-state index is 13.4. The molecule has 2 rings (SSSR count). The topological polar surface area (TPSA) is 137 Å². The third kappa shape index (κ3) is 4.88. The lowest BCUT2D eigenvalue weighted by Gasteiger charge is -2.20. The fraction of sp³-hybridized carbons (Fsp3) is 0.467. The van der Waals surface area contributed by atoms with Crippen LogP contribution in [0.3, 0.4) is 0 Å². The van der Waals surface area contributed by atoms with Gasteiger partial charge < -0.3 is 14.2 Å². The number of aromatic nitrogens is 4. The first-order chi connectivity index (χ1) is 13.3. The summed E-state index contributed by atoms with van der Waals surface area (Å²) in [5.41, 5.74) is -4.04. The van der Waals surface area contributed by atoms with Gasteiger partial charge in [0.05, 0.1) is 25.6 Å². The van der Waals surface area contributed by atoms with E-state index >= 15 is 0 Å². The number of ether oxygens (including phenoxy) is 3. The molecule has 2 aromatic rings. The predicted octanol–water partition coefficient (Wildman–Crippen LogP) is -0.938. The van der Waals surface area contributed by atoms with E-state index in [0.29, 0.717) is 6.20 Å². The Bertz CT molecular complexity index is 959. The number of hydrogen-bond donors (Lipinski definition) is 2. The van der Waals surface area contributed by atoms with Crippen LogP contribution in [0.1, 0.15) is 18.9 Å². The Hall–Kier alpha value is -2.90. The molecule has 2 unspecified atom stereocenters. The van der Waals surface area contributed by atoms with E-state index in [0.717, 1.165) is 15.3 Å². The Balaban J connectivity index is 2.02. The zero-order chi connectivity index (χ0) is 20.8. The molecule has 0 aromatic carbocycles. The zero-order valence-electron chi connectivity index (χ0n) is 14.9. The average Bonchev–Trinajstić information content (AvgIpc) is 2.65. The van der Waals surface area contributed by atoms with Crippen LogP contribution in [-0.4, -0.2) is 46.5 Å². The average molecular weight is 404 g/mol. The van der Waals surface area contributed by atoms with E-state index < -0.39 is 46.6 Å². The highest BCUT2D eigenvalue weighted by molar-refractivity contribution is 4.89. The molecule has 0 bridgehead atoms. The van der Waals surface area contributed by atoms with Crippen LogP contribution in [0.2, 0.25) is 0 Å². The van der Waals surface area contributed by atoms with Crippen molar-refractivity contribution in [2.75, 3.05) is 27.4 Å². The van der Waals surface area contributed by atoms with E-state index in [1.165, 1.54) is 14.2 Å². The van der Waals surface area contributed by atoms with Crippen LogP contribution in [0.4, 0.5) is 8.78 Å². The van der Waals surface area contributed by atoms with Crippen molar-refractivity contribution in [1.29, 1.82) is 0 Å². The van der Waals surface area contributed by atoms with Gasteiger partial charge in [-0.25, -0.2) is 9.59 Å². The largest absolute Gasteiger partial charge is 0.377 e. The highest BCUT2D eigenvalue weighted by Gasteiger charge is 2.17. The SMILES string of the molecule is COC(CCOCC(OC)n1cc(F)c(=O)[nH]c1=O)n1cc(F)c(=O)[nH]c1=O. The van der Waals surface area contributed by atoms with Crippen molar-refractivity contribution in [1.82, 2.24) is 19.1 Å². The lowest BCUT2D eigenvalue weighted by atomic mass is 10.4. The lowest BCUT2D eigenvalue weighted by molar-refractivity contribution is -0.0517. The maximum Gasteiger partial charge on any atom is 0.330 e. The van der Waals surface area contributed by atoms with E-state index in [2.05, 4.69) is 0 Å². The third-order valence-electron chi connectivity index (χ3n) is 3.78. The molecule has 0 aliphatic rings. The maximum absolute atomic E-state index is 13.4. The predicted molar refractivity (Wildman–Crippen MR) is 90.1 cm³/mol. The van der Waals surface area contributed by atoms with Crippen LogP contribution in [-0.2, 0) is 14.2 Å². The van der Waals surface area contributed by atoms with Gasteiger partial charge >= 0.3 is 11.4 Å². The summed E-state index contributed by atoms with van der Waals surface area (Å²) in [7, 11) is 2.53. The van der Waals surface area contributed by atoms with Crippen molar-refractivity contribution < 1.29 is 23.0 Å². The van der Waals surface area contributed by atoms with E-state index in [4.69, 9.17) is 14.2 Å². The summed E-state index contributed by atoms with van der Waals surface area (Å²) < 4.78 is 43.9. The second-order valence-corrected chi connectivity index (χ2v) is 5.53. The summed E-state index contributed by atoms with van der Waals surface area (Å²) in [4.78, 5) is 49.3. The fourth-order valence-corrected chi connectivity index (χ4v) is 2.35. The molecule has 0 spiro atoms. The van der Waals surface area contributed by atoms with Crippen LogP contribution < -0.4 is 22.5 Å². The van der Waals surface area contributed by atoms with Crippen molar-refractivity contribution in [2.45, 2.75) is 18.9 Å². The Morgan fingerprint density at radius 2 is 1.36 bits per heavy atom. The van der Waals surface area contributed by atoms with E-state index in [1.807, 2.05) is 4.98 Å². The summed E-state index contributed by atoms with van der Waals surface area (Å²) in [6, 6.07) is 0. The van der Waals surface area contributed by atoms with E-state index in [-0.39, 0.29) is 19.6 Å².